The summed E-state index contributed by atoms with van der Waals surface area (Å²) in [5.74, 6) is 0.225. The lowest BCUT2D eigenvalue weighted by atomic mass is 9.94. The number of hydrogen-bond donors (Lipinski definition) is 0. The molecule has 0 aromatic heterocycles. The van der Waals surface area contributed by atoms with Gasteiger partial charge in [-0.3, -0.25) is 14.5 Å². The van der Waals surface area contributed by atoms with E-state index in [4.69, 9.17) is 11.6 Å². The van der Waals surface area contributed by atoms with Gasteiger partial charge in [-0.05, 0) is 36.0 Å². The van der Waals surface area contributed by atoms with Crippen molar-refractivity contribution in [2.75, 3.05) is 7.05 Å². The molecule has 0 radical (unpaired) electrons. The van der Waals surface area contributed by atoms with Crippen molar-refractivity contribution >= 4 is 23.4 Å². The predicted octanol–water partition coefficient (Wildman–Crippen LogP) is 3.56. The van der Waals surface area contributed by atoms with Crippen molar-refractivity contribution in [2.24, 2.45) is 5.92 Å². The van der Waals surface area contributed by atoms with E-state index in [9.17, 15) is 9.59 Å². The molecule has 0 N–H and O–H groups in total. The number of rotatable bonds is 4. The maximum Gasteiger partial charge on any atom is 0.260 e. The van der Waals surface area contributed by atoms with E-state index >= 15 is 0 Å². The Labute approximate surface area is 124 Å². The standard InChI is InChI=1S/C16H20ClNO2/c1-10(2)4-7-14(17)12-6-5-11-9-15(19)18(3)16(20)13(11)8-12/h5-6,8,10,14H,4,7,9H2,1-3H3. The highest BCUT2D eigenvalue weighted by Crippen LogP contribution is 2.30. The van der Waals surface area contributed by atoms with E-state index in [1.54, 1.807) is 0 Å². The van der Waals surface area contributed by atoms with Crippen molar-refractivity contribution in [2.45, 2.75) is 38.5 Å². The van der Waals surface area contributed by atoms with Gasteiger partial charge in [0.1, 0.15) is 0 Å². The Morgan fingerprint density at radius 2 is 1.95 bits per heavy atom. The van der Waals surface area contributed by atoms with Crippen LogP contribution in [-0.4, -0.2) is 23.8 Å². The van der Waals surface area contributed by atoms with Crippen LogP contribution in [0.3, 0.4) is 0 Å². The molecule has 1 unspecified atom stereocenters. The van der Waals surface area contributed by atoms with Gasteiger partial charge in [0, 0.05) is 12.6 Å². The molecule has 108 valence electrons. The number of carbonyl (C=O) groups excluding carboxylic acids is 2. The molecule has 1 aliphatic rings. The highest BCUT2D eigenvalue weighted by atomic mass is 35.5. The number of imide groups is 1. The highest BCUT2D eigenvalue weighted by Gasteiger charge is 2.28. The highest BCUT2D eigenvalue weighted by molar-refractivity contribution is 6.21. The van der Waals surface area contributed by atoms with Crippen molar-refractivity contribution < 1.29 is 9.59 Å². The fourth-order valence-corrected chi connectivity index (χ4v) is 2.63. The minimum absolute atomic E-state index is 0.0848. The summed E-state index contributed by atoms with van der Waals surface area (Å²) >= 11 is 6.41. The average Bonchev–Trinajstić information content (AvgIpc) is 2.42. The SMILES string of the molecule is CC(C)CCC(Cl)c1ccc2c(c1)C(=O)N(C)C(=O)C2. The summed E-state index contributed by atoms with van der Waals surface area (Å²) < 4.78 is 0. The fourth-order valence-electron chi connectivity index (χ4n) is 2.36. The Bertz CT molecular complexity index is 539. The average molecular weight is 294 g/mol. The second kappa shape index (κ2) is 5.96. The summed E-state index contributed by atoms with van der Waals surface area (Å²) in [7, 11) is 1.53. The summed E-state index contributed by atoms with van der Waals surface area (Å²) in [4.78, 5) is 25.0. The quantitative estimate of drug-likeness (QED) is 0.629. The molecule has 2 rings (SSSR count). The van der Waals surface area contributed by atoms with Crippen LogP contribution in [0.15, 0.2) is 18.2 Å². The monoisotopic (exact) mass is 293 g/mol. The third-order valence-corrected chi connectivity index (χ3v) is 4.21. The third kappa shape index (κ3) is 3.04. The molecule has 0 fully saturated rings. The number of fused-ring (bicyclic) bond motifs is 1. The number of hydrogen-bond acceptors (Lipinski definition) is 2. The van der Waals surface area contributed by atoms with E-state index in [2.05, 4.69) is 13.8 Å². The van der Waals surface area contributed by atoms with Crippen molar-refractivity contribution in [1.82, 2.24) is 4.90 Å². The van der Waals surface area contributed by atoms with Crippen molar-refractivity contribution in [3.63, 3.8) is 0 Å². The predicted molar refractivity (Wildman–Crippen MR) is 79.9 cm³/mol. The molecule has 0 bridgehead atoms. The minimum Gasteiger partial charge on any atom is -0.281 e. The zero-order valence-corrected chi connectivity index (χ0v) is 12.9. The zero-order chi connectivity index (χ0) is 14.9. The van der Waals surface area contributed by atoms with E-state index in [0.29, 0.717) is 11.5 Å². The molecule has 4 heteroatoms. The van der Waals surface area contributed by atoms with Crippen LogP contribution in [0, 0.1) is 5.92 Å². The largest absolute Gasteiger partial charge is 0.281 e. The number of likely N-dealkylation sites (N-methyl/N-ethyl adjacent to an activating group) is 1. The topological polar surface area (TPSA) is 37.4 Å². The van der Waals surface area contributed by atoms with Crippen LogP contribution in [0.25, 0.3) is 0 Å². The van der Waals surface area contributed by atoms with Gasteiger partial charge < -0.3 is 0 Å². The molecule has 1 atom stereocenters. The normalized spacial score (nSPS) is 16.6. The molecule has 0 aliphatic carbocycles. The van der Waals surface area contributed by atoms with Crippen LogP contribution < -0.4 is 0 Å². The number of carbonyl (C=O) groups is 2. The lowest BCUT2D eigenvalue weighted by molar-refractivity contribution is -0.127. The second-order valence-corrected chi connectivity index (χ2v) is 6.32. The number of nitrogens with zero attached hydrogens (tertiary/aromatic N) is 1. The lowest BCUT2D eigenvalue weighted by Crippen LogP contribution is -2.39. The van der Waals surface area contributed by atoms with Gasteiger partial charge in [-0.15, -0.1) is 11.6 Å². The molecular weight excluding hydrogens is 274 g/mol. The Balaban J connectivity index is 2.23. The Morgan fingerprint density at radius 1 is 1.25 bits per heavy atom. The first-order valence-corrected chi connectivity index (χ1v) is 7.41. The van der Waals surface area contributed by atoms with E-state index in [1.807, 2.05) is 18.2 Å². The zero-order valence-electron chi connectivity index (χ0n) is 12.1. The van der Waals surface area contributed by atoms with Gasteiger partial charge >= 0.3 is 0 Å². The molecule has 1 aromatic carbocycles. The maximum atomic E-state index is 12.1. The van der Waals surface area contributed by atoms with Crippen molar-refractivity contribution in [1.29, 1.82) is 0 Å². The molecular formula is C16H20ClNO2. The number of benzene rings is 1. The van der Waals surface area contributed by atoms with E-state index in [1.165, 1.54) is 11.9 Å². The Hall–Kier alpha value is -1.35. The molecule has 0 saturated carbocycles. The first-order valence-electron chi connectivity index (χ1n) is 6.98. The molecule has 20 heavy (non-hydrogen) atoms. The molecule has 1 aromatic rings. The van der Waals surface area contributed by atoms with Gasteiger partial charge in [0.15, 0.2) is 0 Å². The van der Waals surface area contributed by atoms with E-state index in [-0.39, 0.29) is 23.6 Å². The Kier molecular flexibility index (Phi) is 4.48. The third-order valence-electron chi connectivity index (χ3n) is 3.74. The maximum absolute atomic E-state index is 12.1. The lowest BCUT2D eigenvalue weighted by Gasteiger charge is -2.24. The van der Waals surface area contributed by atoms with E-state index < -0.39 is 0 Å². The van der Waals surface area contributed by atoms with Gasteiger partial charge in [0.05, 0.1) is 11.8 Å². The van der Waals surface area contributed by atoms with Crippen LogP contribution >= 0.6 is 11.6 Å². The summed E-state index contributed by atoms with van der Waals surface area (Å²) in [6.07, 6.45) is 2.23. The molecule has 2 amide bonds. The van der Waals surface area contributed by atoms with Gasteiger partial charge in [0.25, 0.3) is 5.91 Å². The summed E-state index contributed by atoms with van der Waals surface area (Å²) in [5, 5.41) is -0.0848. The van der Waals surface area contributed by atoms with Gasteiger partial charge in [-0.1, -0.05) is 26.0 Å². The van der Waals surface area contributed by atoms with Crippen molar-refractivity contribution in [3.05, 3.63) is 34.9 Å². The van der Waals surface area contributed by atoms with E-state index in [0.717, 1.165) is 24.0 Å². The summed E-state index contributed by atoms with van der Waals surface area (Å²) in [6.45, 7) is 4.33. The molecule has 1 heterocycles. The van der Waals surface area contributed by atoms with Gasteiger partial charge in [0.2, 0.25) is 5.91 Å². The smallest absolute Gasteiger partial charge is 0.260 e. The first kappa shape index (κ1) is 15.0. The number of amides is 2. The fraction of sp³-hybridized carbons (Fsp3) is 0.500. The summed E-state index contributed by atoms with van der Waals surface area (Å²) in [6, 6.07) is 5.64. The molecule has 0 spiro atoms. The van der Waals surface area contributed by atoms with Crippen LogP contribution in [0.5, 0.6) is 0 Å². The molecule has 0 saturated heterocycles. The van der Waals surface area contributed by atoms with Gasteiger partial charge in [-0.25, -0.2) is 0 Å². The minimum atomic E-state index is -0.231. The van der Waals surface area contributed by atoms with Gasteiger partial charge in [-0.2, -0.15) is 0 Å². The van der Waals surface area contributed by atoms with Crippen LogP contribution in [-0.2, 0) is 11.2 Å². The van der Waals surface area contributed by atoms with Crippen LogP contribution in [0.1, 0.15) is 53.6 Å². The van der Waals surface area contributed by atoms with Crippen LogP contribution in [0.4, 0.5) is 0 Å². The number of alkyl halides is 1. The van der Waals surface area contributed by atoms with Crippen molar-refractivity contribution in [3.8, 4) is 0 Å². The number of halogens is 1. The molecule has 1 aliphatic heterocycles. The first-order chi connectivity index (χ1) is 9.40. The summed E-state index contributed by atoms with van der Waals surface area (Å²) in [5.41, 5.74) is 2.37. The Morgan fingerprint density at radius 3 is 2.60 bits per heavy atom. The van der Waals surface area contributed by atoms with Crippen LogP contribution in [0.2, 0.25) is 0 Å². The molecule has 3 nitrogen and oxygen atoms in total. The second-order valence-electron chi connectivity index (χ2n) is 5.79.